The third-order valence-electron chi connectivity index (χ3n) is 3.61. The van der Waals surface area contributed by atoms with Crippen molar-refractivity contribution in [3.63, 3.8) is 0 Å². The Morgan fingerprint density at radius 2 is 2.05 bits per heavy atom. The van der Waals surface area contributed by atoms with Crippen LogP contribution in [0.4, 0.5) is 0 Å². The van der Waals surface area contributed by atoms with Gasteiger partial charge in [-0.15, -0.1) is 0 Å². The van der Waals surface area contributed by atoms with Crippen molar-refractivity contribution < 1.29 is 15.0 Å². The Morgan fingerprint density at radius 1 is 1.37 bits per heavy atom. The molecule has 1 aromatic heterocycles. The molecule has 0 spiro atoms. The van der Waals surface area contributed by atoms with Crippen LogP contribution in [-0.2, 0) is 13.5 Å². The average Bonchev–Trinajstić information content (AvgIpc) is 2.68. The van der Waals surface area contributed by atoms with E-state index in [0.717, 1.165) is 34.0 Å². The van der Waals surface area contributed by atoms with E-state index in [1.54, 1.807) is 6.07 Å². The quantitative estimate of drug-likeness (QED) is 0.888. The van der Waals surface area contributed by atoms with Crippen LogP contribution < -0.4 is 0 Å². The third kappa shape index (κ3) is 2.24. The highest BCUT2D eigenvalue weighted by Gasteiger charge is 2.17. The third-order valence-corrected chi connectivity index (χ3v) is 3.61. The molecule has 19 heavy (non-hydrogen) atoms. The number of benzene rings is 1. The van der Waals surface area contributed by atoms with E-state index < -0.39 is 5.97 Å². The minimum Gasteiger partial charge on any atom is -0.478 e. The second-order valence-electron chi connectivity index (χ2n) is 4.99. The van der Waals surface area contributed by atoms with Crippen LogP contribution in [0.25, 0.3) is 10.9 Å². The average molecular weight is 261 g/mol. The number of aromatic nitrogens is 1. The van der Waals surface area contributed by atoms with Gasteiger partial charge in [-0.25, -0.2) is 4.79 Å². The van der Waals surface area contributed by atoms with Crippen LogP contribution in [0.1, 0.15) is 33.5 Å². The summed E-state index contributed by atoms with van der Waals surface area (Å²) in [6.07, 6.45) is 3.48. The van der Waals surface area contributed by atoms with Crippen molar-refractivity contribution in [3.05, 3.63) is 34.5 Å². The number of nitrogens with zero attached hydrogens (tertiary/aromatic N) is 1. The summed E-state index contributed by atoms with van der Waals surface area (Å²) in [7, 11) is 1.97. The number of rotatable bonds is 4. The fourth-order valence-corrected chi connectivity index (χ4v) is 2.79. The highest BCUT2D eigenvalue weighted by atomic mass is 16.4. The van der Waals surface area contributed by atoms with Gasteiger partial charge in [-0.2, -0.15) is 0 Å². The Kier molecular flexibility index (Phi) is 3.62. The molecule has 1 aromatic carbocycles. The highest BCUT2D eigenvalue weighted by molar-refractivity contribution is 5.99. The fraction of sp³-hybridized carbons (Fsp3) is 0.400. The lowest BCUT2D eigenvalue weighted by Crippen LogP contribution is -2.02. The molecule has 2 aromatic rings. The summed E-state index contributed by atoms with van der Waals surface area (Å²) in [5, 5.41) is 19.3. The summed E-state index contributed by atoms with van der Waals surface area (Å²) in [6, 6.07) is 1.73. The van der Waals surface area contributed by atoms with E-state index in [1.807, 2.05) is 31.7 Å². The van der Waals surface area contributed by atoms with Crippen molar-refractivity contribution in [2.75, 3.05) is 6.61 Å². The van der Waals surface area contributed by atoms with Gasteiger partial charge in [0.1, 0.15) is 0 Å². The first-order chi connectivity index (χ1) is 8.97. The number of fused-ring (bicyclic) bond motifs is 1. The van der Waals surface area contributed by atoms with Gasteiger partial charge in [0.25, 0.3) is 0 Å². The van der Waals surface area contributed by atoms with E-state index in [2.05, 4.69) is 0 Å². The second-order valence-corrected chi connectivity index (χ2v) is 4.99. The molecule has 0 amide bonds. The van der Waals surface area contributed by atoms with E-state index in [4.69, 9.17) is 5.11 Å². The zero-order valence-electron chi connectivity index (χ0n) is 11.5. The summed E-state index contributed by atoms with van der Waals surface area (Å²) in [6.45, 7) is 3.94. The molecule has 0 fully saturated rings. The lowest BCUT2D eigenvalue weighted by atomic mass is 9.97. The van der Waals surface area contributed by atoms with Crippen LogP contribution >= 0.6 is 0 Å². The number of aromatic carboxylic acids is 1. The Bertz CT molecular complexity index is 641. The van der Waals surface area contributed by atoms with Crippen molar-refractivity contribution in [1.29, 1.82) is 0 Å². The maximum Gasteiger partial charge on any atom is 0.335 e. The zero-order chi connectivity index (χ0) is 14.2. The molecule has 0 radical (unpaired) electrons. The van der Waals surface area contributed by atoms with Crippen molar-refractivity contribution >= 4 is 16.9 Å². The summed E-state index contributed by atoms with van der Waals surface area (Å²) < 4.78 is 2.04. The van der Waals surface area contributed by atoms with Crippen LogP contribution in [-0.4, -0.2) is 27.4 Å². The van der Waals surface area contributed by atoms with Crippen molar-refractivity contribution in [1.82, 2.24) is 4.57 Å². The van der Waals surface area contributed by atoms with Crippen molar-refractivity contribution in [2.45, 2.75) is 26.7 Å². The maximum absolute atomic E-state index is 11.3. The number of hydrogen-bond donors (Lipinski definition) is 2. The summed E-state index contributed by atoms with van der Waals surface area (Å²) >= 11 is 0. The molecule has 0 unspecified atom stereocenters. The van der Waals surface area contributed by atoms with Gasteiger partial charge in [-0.05, 0) is 49.4 Å². The Labute approximate surface area is 112 Å². The number of carboxylic acid groups (broad SMARTS) is 1. The molecule has 0 saturated heterocycles. The van der Waals surface area contributed by atoms with Gasteiger partial charge < -0.3 is 14.8 Å². The predicted molar refractivity (Wildman–Crippen MR) is 74.8 cm³/mol. The Morgan fingerprint density at radius 3 is 2.63 bits per heavy atom. The molecule has 2 N–H and O–H groups in total. The molecular formula is C15H19NO3. The molecule has 0 saturated carbocycles. The Balaban J connectivity index is 2.75. The molecule has 0 aliphatic rings. The van der Waals surface area contributed by atoms with Gasteiger partial charge in [0.15, 0.2) is 0 Å². The van der Waals surface area contributed by atoms with Gasteiger partial charge >= 0.3 is 5.97 Å². The monoisotopic (exact) mass is 261 g/mol. The number of aryl methyl sites for hydroxylation is 4. The van der Waals surface area contributed by atoms with Crippen LogP contribution in [0.2, 0.25) is 0 Å². The van der Waals surface area contributed by atoms with Gasteiger partial charge in [0.05, 0.1) is 11.1 Å². The lowest BCUT2D eigenvalue weighted by molar-refractivity contribution is 0.0696. The number of aliphatic hydroxyl groups excluding tert-OH is 1. The normalized spacial score (nSPS) is 11.2. The first-order valence-electron chi connectivity index (χ1n) is 6.39. The van der Waals surface area contributed by atoms with E-state index in [9.17, 15) is 9.90 Å². The summed E-state index contributed by atoms with van der Waals surface area (Å²) in [5.74, 6) is -0.889. The van der Waals surface area contributed by atoms with Crippen LogP contribution in [0.15, 0.2) is 12.3 Å². The molecule has 0 aliphatic heterocycles. The summed E-state index contributed by atoms with van der Waals surface area (Å²) in [5.41, 5.74) is 4.32. The molecule has 4 heteroatoms. The molecular weight excluding hydrogens is 242 g/mol. The van der Waals surface area contributed by atoms with Crippen LogP contribution in [0.5, 0.6) is 0 Å². The molecule has 2 rings (SSSR count). The molecule has 1 heterocycles. The number of carbonyl (C=O) groups is 1. The first-order valence-corrected chi connectivity index (χ1v) is 6.39. The van der Waals surface area contributed by atoms with Gasteiger partial charge in [0, 0.05) is 25.2 Å². The molecule has 0 bridgehead atoms. The van der Waals surface area contributed by atoms with E-state index in [0.29, 0.717) is 12.0 Å². The van der Waals surface area contributed by atoms with Gasteiger partial charge in [-0.1, -0.05) is 0 Å². The molecule has 0 aliphatic carbocycles. The Hall–Kier alpha value is -1.81. The molecule has 0 atom stereocenters. The van der Waals surface area contributed by atoms with Crippen molar-refractivity contribution in [3.8, 4) is 0 Å². The zero-order valence-corrected chi connectivity index (χ0v) is 11.5. The smallest absolute Gasteiger partial charge is 0.335 e. The lowest BCUT2D eigenvalue weighted by Gasteiger charge is -2.09. The van der Waals surface area contributed by atoms with E-state index in [1.165, 1.54) is 0 Å². The largest absolute Gasteiger partial charge is 0.478 e. The first kappa shape index (κ1) is 13.6. The van der Waals surface area contributed by atoms with E-state index in [-0.39, 0.29) is 6.61 Å². The summed E-state index contributed by atoms with van der Waals surface area (Å²) in [4.78, 5) is 11.3. The van der Waals surface area contributed by atoms with Crippen LogP contribution in [0, 0.1) is 13.8 Å². The maximum atomic E-state index is 11.3. The minimum atomic E-state index is -0.889. The fourth-order valence-electron chi connectivity index (χ4n) is 2.79. The second kappa shape index (κ2) is 5.05. The van der Waals surface area contributed by atoms with Gasteiger partial charge in [-0.3, -0.25) is 0 Å². The topological polar surface area (TPSA) is 62.5 Å². The number of aliphatic hydroxyl groups is 1. The molecule has 102 valence electrons. The van der Waals surface area contributed by atoms with Crippen LogP contribution in [0.3, 0.4) is 0 Å². The highest BCUT2D eigenvalue weighted by Crippen LogP contribution is 2.30. The predicted octanol–water partition coefficient (Wildman–Crippen LogP) is 2.42. The van der Waals surface area contributed by atoms with E-state index >= 15 is 0 Å². The SMILES string of the molecule is Cc1c(C(=O)O)cc(C)c2c1c(CCCO)cn2C. The van der Waals surface area contributed by atoms with Crippen molar-refractivity contribution in [2.24, 2.45) is 7.05 Å². The number of carboxylic acids is 1. The molecule has 4 nitrogen and oxygen atoms in total. The number of hydrogen-bond acceptors (Lipinski definition) is 2. The standard InChI is InChI=1S/C15H19NO3/c1-9-7-12(15(18)19)10(2)13-11(5-4-6-17)8-16(3)14(9)13/h7-8,17H,4-6H2,1-3H3,(H,18,19). The minimum absolute atomic E-state index is 0.146. The van der Waals surface area contributed by atoms with Gasteiger partial charge in [0.2, 0.25) is 0 Å².